The number of allylic oxidation sites excluding steroid dienone is 1. The first kappa shape index (κ1) is 15.2. The monoisotopic (exact) mass is 354 g/mol. The summed E-state index contributed by atoms with van der Waals surface area (Å²) in [6, 6.07) is 26.0. The van der Waals surface area contributed by atoms with E-state index in [4.69, 9.17) is 4.42 Å². The van der Waals surface area contributed by atoms with Crippen LogP contribution >= 0.6 is 11.8 Å². The molecule has 5 rings (SSSR count). The minimum absolute atomic E-state index is 0.0636. The van der Waals surface area contributed by atoms with Crippen LogP contribution in [0.3, 0.4) is 0 Å². The Morgan fingerprint density at radius 3 is 2.46 bits per heavy atom. The summed E-state index contributed by atoms with van der Waals surface area (Å²) in [4.78, 5) is 14.2. The molecule has 0 radical (unpaired) electrons. The molecule has 0 N–H and O–H groups in total. The number of benzene rings is 3. The average molecular weight is 354 g/mol. The minimum Gasteiger partial charge on any atom is -0.457 e. The molecule has 1 aliphatic rings. The summed E-state index contributed by atoms with van der Waals surface area (Å²) in [5, 5.41) is 2.33. The summed E-state index contributed by atoms with van der Waals surface area (Å²) in [7, 11) is 0. The second-order valence-corrected chi connectivity index (χ2v) is 7.25. The van der Waals surface area contributed by atoms with Gasteiger partial charge in [-0.1, -0.05) is 66.4 Å². The molecule has 0 saturated carbocycles. The molecular formula is C23H14O2S. The van der Waals surface area contributed by atoms with E-state index in [2.05, 4.69) is 24.3 Å². The smallest absolute Gasteiger partial charge is 0.200 e. The lowest BCUT2D eigenvalue weighted by Crippen LogP contribution is -1.93. The lowest BCUT2D eigenvalue weighted by atomic mass is 10.0. The van der Waals surface area contributed by atoms with E-state index in [-0.39, 0.29) is 5.78 Å². The van der Waals surface area contributed by atoms with Gasteiger partial charge in [-0.3, -0.25) is 4.79 Å². The minimum atomic E-state index is 0.0636. The third-order valence-electron chi connectivity index (χ3n) is 4.53. The van der Waals surface area contributed by atoms with E-state index in [0.29, 0.717) is 10.7 Å². The predicted molar refractivity (Wildman–Crippen MR) is 106 cm³/mol. The van der Waals surface area contributed by atoms with Gasteiger partial charge in [0, 0.05) is 16.0 Å². The largest absolute Gasteiger partial charge is 0.457 e. The molecule has 0 saturated heterocycles. The normalized spacial score (nSPS) is 14.9. The summed E-state index contributed by atoms with van der Waals surface area (Å²) >= 11 is 1.50. The van der Waals surface area contributed by atoms with E-state index in [1.807, 2.05) is 60.7 Å². The average Bonchev–Trinajstić information content (AvgIpc) is 3.27. The molecule has 0 amide bonds. The van der Waals surface area contributed by atoms with Crippen molar-refractivity contribution in [2.24, 2.45) is 0 Å². The molecule has 3 heteroatoms. The van der Waals surface area contributed by atoms with E-state index in [1.54, 1.807) is 0 Å². The maximum Gasteiger partial charge on any atom is 0.200 e. The van der Waals surface area contributed by atoms with E-state index < -0.39 is 0 Å². The first-order valence-electron chi connectivity index (χ1n) is 8.41. The number of hydrogen-bond acceptors (Lipinski definition) is 3. The van der Waals surface area contributed by atoms with Crippen LogP contribution in [-0.2, 0) is 0 Å². The molecule has 2 heterocycles. The van der Waals surface area contributed by atoms with Gasteiger partial charge in [-0.2, -0.15) is 0 Å². The number of rotatable bonds is 2. The Hall–Kier alpha value is -3.04. The second-order valence-electron chi connectivity index (χ2n) is 6.16. The third kappa shape index (κ3) is 2.49. The van der Waals surface area contributed by atoms with Crippen molar-refractivity contribution in [3.05, 3.63) is 95.1 Å². The molecule has 0 spiro atoms. The van der Waals surface area contributed by atoms with Crippen LogP contribution in [0.1, 0.15) is 16.1 Å². The number of hydrogen-bond donors (Lipinski definition) is 0. The molecule has 124 valence electrons. The maximum atomic E-state index is 12.5. The van der Waals surface area contributed by atoms with Crippen LogP contribution in [0.5, 0.6) is 0 Å². The SMILES string of the molecule is O=C1/C(=C/c2ccc(-c3cccc4ccccc34)o2)Sc2ccccc21. The number of Topliss-reactive ketones (excluding diaryl/α,β-unsaturated/α-hetero) is 1. The van der Waals surface area contributed by atoms with Crippen molar-refractivity contribution in [2.75, 3.05) is 0 Å². The van der Waals surface area contributed by atoms with Gasteiger partial charge in [-0.15, -0.1) is 0 Å². The third-order valence-corrected chi connectivity index (χ3v) is 5.63. The zero-order valence-electron chi connectivity index (χ0n) is 13.8. The molecular weight excluding hydrogens is 340 g/mol. The fourth-order valence-electron chi connectivity index (χ4n) is 3.28. The van der Waals surface area contributed by atoms with Gasteiger partial charge >= 0.3 is 0 Å². The van der Waals surface area contributed by atoms with Crippen LogP contribution in [0.25, 0.3) is 28.2 Å². The first-order valence-corrected chi connectivity index (χ1v) is 9.22. The molecule has 1 aliphatic heterocycles. The molecule has 0 atom stereocenters. The number of fused-ring (bicyclic) bond motifs is 2. The zero-order chi connectivity index (χ0) is 17.5. The lowest BCUT2D eigenvalue weighted by molar-refractivity contribution is 0.104. The zero-order valence-corrected chi connectivity index (χ0v) is 14.6. The topological polar surface area (TPSA) is 30.2 Å². The van der Waals surface area contributed by atoms with Crippen LogP contribution < -0.4 is 0 Å². The van der Waals surface area contributed by atoms with Crippen molar-refractivity contribution in [1.82, 2.24) is 0 Å². The van der Waals surface area contributed by atoms with E-state index in [0.717, 1.165) is 27.2 Å². The summed E-state index contributed by atoms with van der Waals surface area (Å²) in [6.07, 6.45) is 1.83. The summed E-state index contributed by atoms with van der Waals surface area (Å²) in [5.41, 5.74) is 1.83. The van der Waals surface area contributed by atoms with Gasteiger partial charge in [0.1, 0.15) is 11.5 Å². The molecule has 1 aromatic heterocycles. The van der Waals surface area contributed by atoms with Crippen LogP contribution in [0.4, 0.5) is 0 Å². The van der Waals surface area contributed by atoms with Gasteiger partial charge in [0.25, 0.3) is 0 Å². The van der Waals surface area contributed by atoms with E-state index in [9.17, 15) is 4.79 Å². The van der Waals surface area contributed by atoms with Crippen molar-refractivity contribution in [3.8, 4) is 11.3 Å². The Morgan fingerprint density at radius 1 is 0.769 bits per heavy atom. The molecule has 26 heavy (non-hydrogen) atoms. The Bertz CT molecular complexity index is 1180. The van der Waals surface area contributed by atoms with Crippen LogP contribution in [0.2, 0.25) is 0 Å². The summed E-state index contributed by atoms with van der Waals surface area (Å²) < 4.78 is 6.04. The van der Waals surface area contributed by atoms with Crippen LogP contribution in [0, 0.1) is 0 Å². The Morgan fingerprint density at radius 2 is 1.54 bits per heavy atom. The van der Waals surface area contributed by atoms with Gasteiger partial charge in [0.15, 0.2) is 0 Å². The van der Waals surface area contributed by atoms with Crippen molar-refractivity contribution < 1.29 is 9.21 Å². The summed E-state index contributed by atoms with van der Waals surface area (Å²) in [5.74, 6) is 1.56. The molecule has 2 nitrogen and oxygen atoms in total. The van der Waals surface area contributed by atoms with Gasteiger partial charge in [-0.05, 0) is 41.1 Å². The highest BCUT2D eigenvalue weighted by molar-refractivity contribution is 8.04. The Kier molecular flexibility index (Phi) is 3.54. The predicted octanol–water partition coefficient (Wildman–Crippen LogP) is 6.43. The Labute approximate surface area is 155 Å². The van der Waals surface area contributed by atoms with Crippen molar-refractivity contribution >= 4 is 34.4 Å². The number of ketones is 1. The number of carbonyl (C=O) groups is 1. The van der Waals surface area contributed by atoms with Gasteiger partial charge in [-0.25, -0.2) is 0 Å². The highest BCUT2D eigenvalue weighted by atomic mass is 32.2. The number of thioether (sulfide) groups is 1. The molecule has 3 aromatic carbocycles. The van der Waals surface area contributed by atoms with E-state index in [1.165, 1.54) is 17.1 Å². The van der Waals surface area contributed by atoms with Gasteiger partial charge < -0.3 is 4.42 Å². The number of furan rings is 1. The lowest BCUT2D eigenvalue weighted by Gasteiger charge is -2.03. The number of carbonyl (C=O) groups excluding carboxylic acids is 1. The molecule has 4 aromatic rings. The standard InChI is InChI=1S/C23H14O2S/c24-23-19-9-3-4-11-21(19)26-22(23)14-16-12-13-20(25-16)18-10-5-7-15-6-1-2-8-17(15)18/h1-14H/b22-14-. The first-order chi connectivity index (χ1) is 12.8. The van der Waals surface area contributed by atoms with Crippen molar-refractivity contribution in [1.29, 1.82) is 0 Å². The molecule has 0 fully saturated rings. The van der Waals surface area contributed by atoms with Gasteiger partial charge in [0.2, 0.25) is 5.78 Å². The highest BCUT2D eigenvalue weighted by Gasteiger charge is 2.25. The Balaban J connectivity index is 1.53. The van der Waals surface area contributed by atoms with Crippen LogP contribution in [-0.4, -0.2) is 5.78 Å². The quantitative estimate of drug-likeness (QED) is 0.389. The van der Waals surface area contributed by atoms with Crippen LogP contribution in [0.15, 0.2) is 93.1 Å². The fourth-order valence-corrected chi connectivity index (χ4v) is 4.31. The molecule has 0 bridgehead atoms. The summed E-state index contributed by atoms with van der Waals surface area (Å²) in [6.45, 7) is 0. The second kappa shape index (κ2) is 6.04. The molecule has 0 aliphatic carbocycles. The van der Waals surface area contributed by atoms with Gasteiger partial charge in [0.05, 0.1) is 4.91 Å². The molecule has 0 unspecified atom stereocenters. The maximum absolute atomic E-state index is 12.5. The van der Waals surface area contributed by atoms with Crippen molar-refractivity contribution in [3.63, 3.8) is 0 Å². The fraction of sp³-hybridized carbons (Fsp3) is 0. The van der Waals surface area contributed by atoms with Crippen molar-refractivity contribution in [2.45, 2.75) is 4.90 Å². The highest BCUT2D eigenvalue weighted by Crippen LogP contribution is 2.41. The van der Waals surface area contributed by atoms with E-state index >= 15 is 0 Å².